The van der Waals surface area contributed by atoms with Crippen LogP contribution in [0.2, 0.25) is 0 Å². The van der Waals surface area contributed by atoms with Gasteiger partial charge >= 0.3 is 5.97 Å². The quantitative estimate of drug-likeness (QED) is 0.666. The number of carbonyl (C=O) groups excluding carboxylic acids is 2. The van der Waals surface area contributed by atoms with Gasteiger partial charge in [0.1, 0.15) is 5.75 Å². The van der Waals surface area contributed by atoms with Crippen LogP contribution >= 0.6 is 0 Å². The van der Waals surface area contributed by atoms with Gasteiger partial charge < -0.3 is 14.8 Å². The Morgan fingerprint density at radius 1 is 0.967 bits per heavy atom. The molecule has 0 saturated heterocycles. The van der Waals surface area contributed by atoms with Crippen LogP contribution in [0.1, 0.15) is 44.2 Å². The molecule has 5 heteroatoms. The average molecular weight is 410 g/mol. The fraction of sp³-hybridized carbons (Fsp3) is 0.440. The maximum Gasteiger partial charge on any atom is 0.344 e. The van der Waals surface area contributed by atoms with Gasteiger partial charge in [0.05, 0.1) is 0 Å². The van der Waals surface area contributed by atoms with Crippen molar-refractivity contribution in [3.05, 3.63) is 65.7 Å². The Bertz CT molecular complexity index is 836. The first kappa shape index (κ1) is 21.9. The van der Waals surface area contributed by atoms with Crippen LogP contribution in [-0.4, -0.2) is 31.1 Å². The van der Waals surface area contributed by atoms with Crippen molar-refractivity contribution in [3.63, 3.8) is 0 Å². The van der Waals surface area contributed by atoms with Crippen molar-refractivity contribution in [2.45, 2.75) is 45.6 Å². The number of hydrogen-bond donors (Lipinski definition) is 1. The molecular formula is C25H31NO4. The maximum absolute atomic E-state index is 12.2. The van der Waals surface area contributed by atoms with E-state index < -0.39 is 5.97 Å². The molecule has 1 amide bonds. The van der Waals surface area contributed by atoms with Gasteiger partial charge in [-0.15, -0.1) is 0 Å². The molecule has 2 aromatic rings. The fourth-order valence-electron chi connectivity index (χ4n) is 3.97. The first-order valence-electron chi connectivity index (χ1n) is 10.7. The van der Waals surface area contributed by atoms with Crippen LogP contribution < -0.4 is 10.1 Å². The van der Waals surface area contributed by atoms with E-state index in [0.717, 1.165) is 18.4 Å². The fourth-order valence-corrected chi connectivity index (χ4v) is 3.97. The summed E-state index contributed by atoms with van der Waals surface area (Å²) in [7, 11) is 0. The Morgan fingerprint density at radius 2 is 1.70 bits per heavy atom. The van der Waals surface area contributed by atoms with Gasteiger partial charge in [-0.05, 0) is 35.4 Å². The molecule has 0 radical (unpaired) electrons. The zero-order valence-electron chi connectivity index (χ0n) is 17.8. The molecule has 3 rings (SSSR count). The van der Waals surface area contributed by atoms with Gasteiger partial charge in [-0.3, -0.25) is 4.79 Å². The lowest BCUT2D eigenvalue weighted by Gasteiger charge is -2.34. The molecule has 0 heterocycles. The molecule has 2 aromatic carbocycles. The van der Waals surface area contributed by atoms with Crippen molar-refractivity contribution in [1.82, 2.24) is 5.32 Å². The van der Waals surface area contributed by atoms with Crippen LogP contribution in [0.15, 0.2) is 54.6 Å². The summed E-state index contributed by atoms with van der Waals surface area (Å²) in [5.41, 5.74) is 2.16. The van der Waals surface area contributed by atoms with Crippen molar-refractivity contribution in [2.75, 3.05) is 13.2 Å². The number of amides is 1. The summed E-state index contributed by atoms with van der Waals surface area (Å²) >= 11 is 0. The van der Waals surface area contributed by atoms with Gasteiger partial charge in [-0.25, -0.2) is 4.79 Å². The molecule has 5 nitrogen and oxygen atoms in total. The van der Waals surface area contributed by atoms with Gasteiger partial charge in [-0.1, -0.05) is 75.2 Å². The summed E-state index contributed by atoms with van der Waals surface area (Å²) in [4.78, 5) is 24.2. The van der Waals surface area contributed by atoms with Crippen molar-refractivity contribution in [2.24, 2.45) is 11.8 Å². The van der Waals surface area contributed by atoms with Gasteiger partial charge in [0.2, 0.25) is 0 Å². The zero-order chi connectivity index (χ0) is 21.3. The van der Waals surface area contributed by atoms with Crippen LogP contribution in [-0.2, 0) is 20.7 Å². The van der Waals surface area contributed by atoms with Gasteiger partial charge in [0.15, 0.2) is 13.2 Å². The molecule has 160 valence electrons. The zero-order valence-corrected chi connectivity index (χ0v) is 17.8. The average Bonchev–Trinajstić information content (AvgIpc) is 2.75. The molecule has 1 fully saturated rings. The topological polar surface area (TPSA) is 64.6 Å². The lowest BCUT2D eigenvalue weighted by atomic mass is 9.78. The Hall–Kier alpha value is -2.82. The molecule has 1 saturated carbocycles. The highest BCUT2D eigenvalue weighted by Gasteiger charge is 2.28. The number of rotatable bonds is 8. The number of esters is 1. The second-order valence-electron chi connectivity index (χ2n) is 8.16. The molecule has 1 aliphatic carbocycles. The van der Waals surface area contributed by atoms with E-state index in [-0.39, 0.29) is 25.2 Å². The Kier molecular flexibility index (Phi) is 7.89. The number of ether oxygens (including phenoxy) is 2. The van der Waals surface area contributed by atoms with E-state index in [4.69, 9.17) is 9.47 Å². The number of carbonyl (C=O) groups is 2. The Labute approximate surface area is 178 Å². The van der Waals surface area contributed by atoms with E-state index >= 15 is 0 Å². The summed E-state index contributed by atoms with van der Waals surface area (Å²) in [5, 5.41) is 3.01. The molecule has 3 atom stereocenters. The van der Waals surface area contributed by atoms with E-state index in [2.05, 4.69) is 31.3 Å². The first-order valence-corrected chi connectivity index (χ1v) is 10.7. The van der Waals surface area contributed by atoms with Gasteiger partial charge in [-0.2, -0.15) is 0 Å². The third kappa shape index (κ3) is 6.34. The third-order valence-corrected chi connectivity index (χ3v) is 5.97. The van der Waals surface area contributed by atoms with Gasteiger partial charge in [0.25, 0.3) is 5.91 Å². The van der Waals surface area contributed by atoms with Crippen LogP contribution in [0.5, 0.6) is 5.75 Å². The smallest absolute Gasteiger partial charge is 0.344 e. The number of nitrogens with one attached hydrogen (secondary N) is 1. The summed E-state index contributed by atoms with van der Waals surface area (Å²) < 4.78 is 10.8. The standard InChI is InChI=1S/C25H31NO4/c1-18-9-8-13-22(19(18)2)26-24(27)16-30-25(28)17-29-23-14-7-6-12-21(23)15-20-10-4-3-5-11-20/h3-7,10-12,14,18-19,22H,8-9,13,15-17H2,1-2H3,(H,26,27)/t18-,19-,22+/m1/s1. The van der Waals surface area contributed by atoms with Crippen molar-refractivity contribution in [1.29, 1.82) is 0 Å². The summed E-state index contributed by atoms with van der Waals surface area (Å²) in [6.45, 7) is 3.89. The van der Waals surface area contributed by atoms with Crippen LogP contribution in [0.3, 0.4) is 0 Å². The molecule has 0 aliphatic heterocycles. The van der Waals surface area contributed by atoms with E-state index in [1.807, 2.05) is 42.5 Å². The molecule has 1 aliphatic rings. The van der Waals surface area contributed by atoms with E-state index in [1.54, 1.807) is 0 Å². The van der Waals surface area contributed by atoms with Crippen LogP contribution in [0.4, 0.5) is 0 Å². The SMILES string of the molecule is C[C@@H]1[C@H](C)CCC[C@@H]1NC(=O)COC(=O)COc1ccccc1Cc1ccccc1. The first-order chi connectivity index (χ1) is 14.5. The molecule has 1 N–H and O–H groups in total. The molecular weight excluding hydrogens is 378 g/mol. The van der Waals surface area contributed by atoms with E-state index in [0.29, 0.717) is 24.0 Å². The lowest BCUT2D eigenvalue weighted by Crippen LogP contribution is -2.45. The monoisotopic (exact) mass is 409 g/mol. The van der Waals surface area contributed by atoms with Crippen molar-refractivity contribution in [3.8, 4) is 5.75 Å². The molecule has 0 unspecified atom stereocenters. The Morgan fingerprint density at radius 3 is 2.50 bits per heavy atom. The minimum Gasteiger partial charge on any atom is -0.482 e. The predicted octanol–water partition coefficient (Wildman–Crippen LogP) is 4.14. The highest BCUT2D eigenvalue weighted by molar-refractivity contribution is 5.81. The second kappa shape index (κ2) is 10.8. The van der Waals surface area contributed by atoms with Crippen LogP contribution in [0.25, 0.3) is 0 Å². The summed E-state index contributed by atoms with van der Waals surface area (Å²) in [6, 6.07) is 17.9. The van der Waals surface area contributed by atoms with Crippen LogP contribution in [0, 0.1) is 11.8 Å². The minimum absolute atomic E-state index is 0.154. The molecule has 0 spiro atoms. The highest BCUT2D eigenvalue weighted by atomic mass is 16.6. The lowest BCUT2D eigenvalue weighted by molar-refractivity contribution is -0.150. The second-order valence-corrected chi connectivity index (χ2v) is 8.16. The number of para-hydroxylation sites is 1. The highest BCUT2D eigenvalue weighted by Crippen LogP contribution is 2.29. The minimum atomic E-state index is -0.551. The predicted molar refractivity (Wildman–Crippen MR) is 116 cm³/mol. The van der Waals surface area contributed by atoms with Crippen molar-refractivity contribution >= 4 is 11.9 Å². The molecule has 0 bridgehead atoms. The maximum atomic E-state index is 12.2. The van der Waals surface area contributed by atoms with Crippen molar-refractivity contribution < 1.29 is 19.1 Å². The third-order valence-electron chi connectivity index (χ3n) is 5.97. The number of benzene rings is 2. The Balaban J connectivity index is 1.44. The van der Waals surface area contributed by atoms with Gasteiger partial charge in [0, 0.05) is 12.5 Å². The normalized spacial score (nSPS) is 20.9. The van der Waals surface area contributed by atoms with E-state index in [9.17, 15) is 9.59 Å². The van der Waals surface area contributed by atoms with E-state index in [1.165, 1.54) is 12.0 Å². The number of hydrogen-bond acceptors (Lipinski definition) is 4. The molecule has 30 heavy (non-hydrogen) atoms. The summed E-state index contributed by atoms with van der Waals surface area (Å²) in [5.74, 6) is 0.870. The molecule has 0 aromatic heterocycles. The largest absolute Gasteiger partial charge is 0.482 e. The summed E-state index contributed by atoms with van der Waals surface area (Å²) in [6.07, 6.45) is 4.01.